The third kappa shape index (κ3) is 2.99. The molecule has 2 atom stereocenters. The summed E-state index contributed by atoms with van der Waals surface area (Å²) in [4.78, 5) is 12.9. The molecular formula is C10H19NO2. The molecule has 0 radical (unpaired) electrons. The van der Waals surface area contributed by atoms with Crippen LogP contribution in [0.15, 0.2) is 0 Å². The van der Waals surface area contributed by atoms with Gasteiger partial charge in [-0.15, -0.1) is 0 Å². The Morgan fingerprint density at radius 3 is 2.85 bits per heavy atom. The fourth-order valence-corrected chi connectivity index (χ4v) is 2.07. The van der Waals surface area contributed by atoms with Gasteiger partial charge in [0.25, 0.3) is 0 Å². The minimum Gasteiger partial charge on any atom is -0.481 e. The van der Waals surface area contributed by atoms with Crippen molar-refractivity contribution >= 4 is 5.97 Å². The first kappa shape index (κ1) is 10.5. The Labute approximate surface area is 79.7 Å². The van der Waals surface area contributed by atoms with Gasteiger partial charge in [0.05, 0.1) is 0 Å². The molecule has 3 nitrogen and oxygen atoms in total. The molecule has 0 unspecified atom stereocenters. The second-order valence-electron chi connectivity index (χ2n) is 4.07. The van der Waals surface area contributed by atoms with Crippen LogP contribution in [0.5, 0.6) is 0 Å². The largest absolute Gasteiger partial charge is 0.481 e. The lowest BCUT2D eigenvalue weighted by Gasteiger charge is -2.27. The molecule has 1 aliphatic rings. The summed E-state index contributed by atoms with van der Waals surface area (Å²) in [7, 11) is 2.09. The molecule has 0 saturated carbocycles. The van der Waals surface area contributed by atoms with E-state index < -0.39 is 5.97 Å². The van der Waals surface area contributed by atoms with Crippen molar-refractivity contribution in [2.75, 3.05) is 13.6 Å². The molecule has 1 heterocycles. The molecule has 1 rings (SSSR count). The Kier molecular flexibility index (Phi) is 3.72. The predicted octanol–water partition coefficient (Wildman–Crippen LogP) is 1.58. The van der Waals surface area contributed by atoms with Crippen LogP contribution in [0.4, 0.5) is 0 Å². The molecule has 0 aromatic heterocycles. The highest BCUT2D eigenvalue weighted by Gasteiger charge is 2.25. The summed E-state index contributed by atoms with van der Waals surface area (Å²) < 4.78 is 0. The van der Waals surface area contributed by atoms with Gasteiger partial charge in [0.2, 0.25) is 0 Å². The van der Waals surface area contributed by atoms with Crippen LogP contribution in [-0.4, -0.2) is 35.6 Å². The highest BCUT2D eigenvalue weighted by Crippen LogP contribution is 2.24. The molecule has 0 aromatic rings. The van der Waals surface area contributed by atoms with E-state index in [1.54, 1.807) is 0 Å². The molecule has 1 fully saturated rings. The van der Waals surface area contributed by atoms with Crippen molar-refractivity contribution in [1.82, 2.24) is 4.90 Å². The van der Waals surface area contributed by atoms with Gasteiger partial charge in [-0.2, -0.15) is 0 Å². The number of carboxylic acids is 1. The smallest absolute Gasteiger partial charge is 0.303 e. The topological polar surface area (TPSA) is 40.5 Å². The Hall–Kier alpha value is -0.570. The molecule has 0 aromatic carbocycles. The Bertz CT molecular complexity index is 182. The van der Waals surface area contributed by atoms with Crippen LogP contribution in [0.1, 0.15) is 32.6 Å². The van der Waals surface area contributed by atoms with Gasteiger partial charge >= 0.3 is 5.97 Å². The molecule has 1 aliphatic heterocycles. The van der Waals surface area contributed by atoms with Gasteiger partial charge in [-0.25, -0.2) is 0 Å². The van der Waals surface area contributed by atoms with Crippen LogP contribution in [0.3, 0.4) is 0 Å². The maximum Gasteiger partial charge on any atom is 0.303 e. The van der Waals surface area contributed by atoms with Crippen LogP contribution in [0, 0.1) is 5.92 Å². The van der Waals surface area contributed by atoms with Crippen molar-refractivity contribution < 1.29 is 9.90 Å². The minimum absolute atomic E-state index is 0.325. The van der Waals surface area contributed by atoms with Crippen LogP contribution < -0.4 is 0 Å². The second kappa shape index (κ2) is 4.61. The van der Waals surface area contributed by atoms with Crippen molar-refractivity contribution in [1.29, 1.82) is 0 Å². The van der Waals surface area contributed by atoms with E-state index >= 15 is 0 Å². The van der Waals surface area contributed by atoms with Crippen molar-refractivity contribution in [3.63, 3.8) is 0 Å². The summed E-state index contributed by atoms with van der Waals surface area (Å²) in [6.45, 7) is 3.25. The Balaban J connectivity index is 2.53. The average molecular weight is 185 g/mol. The highest BCUT2D eigenvalue weighted by molar-refractivity contribution is 5.67. The zero-order valence-electron chi connectivity index (χ0n) is 8.49. The van der Waals surface area contributed by atoms with E-state index in [2.05, 4.69) is 18.9 Å². The second-order valence-corrected chi connectivity index (χ2v) is 4.07. The molecule has 13 heavy (non-hydrogen) atoms. The molecule has 1 N–H and O–H groups in total. The number of hydrogen-bond acceptors (Lipinski definition) is 2. The standard InChI is InChI=1S/C10H19NO2/c1-8-9(7-10(12)13)5-3-4-6-11(8)2/h8-9H,3-7H2,1-2H3,(H,12,13)/t8-,9-/m1/s1. The van der Waals surface area contributed by atoms with Crippen molar-refractivity contribution in [2.45, 2.75) is 38.6 Å². The fraction of sp³-hybridized carbons (Fsp3) is 0.900. The lowest BCUT2D eigenvalue weighted by Crippen LogP contribution is -2.35. The summed E-state index contributed by atoms with van der Waals surface area (Å²) in [6.07, 6.45) is 3.77. The molecular weight excluding hydrogens is 166 g/mol. The van der Waals surface area contributed by atoms with Gasteiger partial charge in [-0.05, 0) is 39.3 Å². The monoisotopic (exact) mass is 185 g/mol. The third-order valence-corrected chi connectivity index (χ3v) is 3.15. The lowest BCUT2D eigenvalue weighted by molar-refractivity contribution is -0.138. The number of rotatable bonds is 2. The van der Waals surface area contributed by atoms with E-state index in [1.807, 2.05) is 0 Å². The van der Waals surface area contributed by atoms with Crippen molar-refractivity contribution in [2.24, 2.45) is 5.92 Å². The summed E-state index contributed by atoms with van der Waals surface area (Å²) >= 11 is 0. The Morgan fingerprint density at radius 1 is 1.54 bits per heavy atom. The van der Waals surface area contributed by atoms with Crippen LogP contribution in [-0.2, 0) is 4.79 Å². The van der Waals surface area contributed by atoms with E-state index in [9.17, 15) is 4.79 Å². The zero-order chi connectivity index (χ0) is 9.84. The van der Waals surface area contributed by atoms with Gasteiger partial charge in [-0.3, -0.25) is 4.79 Å². The average Bonchev–Trinajstić information content (AvgIpc) is 2.19. The predicted molar refractivity (Wildman–Crippen MR) is 51.7 cm³/mol. The first-order valence-electron chi connectivity index (χ1n) is 5.03. The van der Waals surface area contributed by atoms with E-state index in [0.29, 0.717) is 18.4 Å². The SMILES string of the molecule is C[C@@H]1[C@@H](CC(=O)O)CCCCN1C. The summed E-state index contributed by atoms with van der Waals surface area (Å²) in [5, 5.41) is 8.74. The van der Waals surface area contributed by atoms with Crippen molar-refractivity contribution in [3.05, 3.63) is 0 Å². The van der Waals surface area contributed by atoms with Crippen LogP contribution in [0.2, 0.25) is 0 Å². The molecule has 0 bridgehead atoms. The van der Waals surface area contributed by atoms with Crippen LogP contribution >= 0.6 is 0 Å². The first-order chi connectivity index (χ1) is 6.11. The third-order valence-electron chi connectivity index (χ3n) is 3.15. The lowest BCUT2D eigenvalue weighted by atomic mass is 9.93. The zero-order valence-corrected chi connectivity index (χ0v) is 8.49. The van der Waals surface area contributed by atoms with Gasteiger partial charge in [0, 0.05) is 12.5 Å². The van der Waals surface area contributed by atoms with Gasteiger partial charge < -0.3 is 10.0 Å². The van der Waals surface area contributed by atoms with E-state index in [0.717, 1.165) is 13.0 Å². The molecule has 76 valence electrons. The number of aliphatic carboxylic acids is 1. The van der Waals surface area contributed by atoms with E-state index in [4.69, 9.17) is 5.11 Å². The van der Waals surface area contributed by atoms with E-state index in [-0.39, 0.29) is 0 Å². The number of likely N-dealkylation sites (tertiary alicyclic amines) is 1. The first-order valence-corrected chi connectivity index (χ1v) is 5.03. The highest BCUT2D eigenvalue weighted by atomic mass is 16.4. The summed E-state index contributed by atoms with van der Waals surface area (Å²) in [5.74, 6) is -0.322. The fourth-order valence-electron chi connectivity index (χ4n) is 2.07. The molecule has 1 saturated heterocycles. The number of nitrogens with zero attached hydrogens (tertiary/aromatic N) is 1. The molecule has 3 heteroatoms. The molecule has 0 aliphatic carbocycles. The van der Waals surface area contributed by atoms with E-state index in [1.165, 1.54) is 12.8 Å². The number of hydrogen-bond donors (Lipinski definition) is 1. The van der Waals surface area contributed by atoms with Crippen molar-refractivity contribution in [3.8, 4) is 0 Å². The van der Waals surface area contributed by atoms with Gasteiger partial charge in [0.1, 0.15) is 0 Å². The normalized spacial score (nSPS) is 31.2. The van der Waals surface area contributed by atoms with Gasteiger partial charge in [0.15, 0.2) is 0 Å². The molecule has 0 amide bonds. The van der Waals surface area contributed by atoms with Gasteiger partial charge in [-0.1, -0.05) is 6.42 Å². The number of carbonyl (C=O) groups is 1. The summed E-state index contributed by atoms with van der Waals surface area (Å²) in [5.41, 5.74) is 0. The quantitative estimate of drug-likeness (QED) is 0.710. The molecule has 0 spiro atoms. The maximum atomic E-state index is 10.6. The number of carboxylic acid groups (broad SMARTS) is 1. The summed E-state index contributed by atoms with van der Waals surface area (Å²) in [6, 6.07) is 0.415. The maximum absolute atomic E-state index is 10.6. The van der Waals surface area contributed by atoms with Crippen LogP contribution in [0.25, 0.3) is 0 Å². The Morgan fingerprint density at radius 2 is 2.23 bits per heavy atom. The minimum atomic E-state index is -0.660.